The number of ether oxygens (including phenoxy) is 1. The van der Waals surface area contributed by atoms with Crippen LogP contribution in [0.3, 0.4) is 0 Å². The van der Waals surface area contributed by atoms with Crippen molar-refractivity contribution in [3.63, 3.8) is 0 Å². The Morgan fingerprint density at radius 2 is 1.93 bits per heavy atom. The summed E-state index contributed by atoms with van der Waals surface area (Å²) in [6.07, 6.45) is 3.48. The number of nitrogens with zero attached hydrogens (tertiary/aromatic N) is 4. The molecule has 2 heterocycles. The summed E-state index contributed by atoms with van der Waals surface area (Å²) in [4.78, 5) is 27.5. The van der Waals surface area contributed by atoms with Crippen LogP contribution in [-0.4, -0.2) is 41.2 Å². The Bertz CT molecular complexity index is 805. The highest BCUT2D eigenvalue weighted by atomic mass is 16.5. The van der Waals surface area contributed by atoms with Crippen LogP contribution in [0.15, 0.2) is 18.2 Å². The van der Waals surface area contributed by atoms with E-state index in [9.17, 15) is 4.79 Å². The highest BCUT2D eigenvalue weighted by molar-refractivity contribution is 5.90. The standard InChI is InChI=1S/C19H26N6O2/c1-13-8-7-9-15(14(13)2)21-18(26)20-12-16-22-17(24-19(23-16)27-3)25-10-5-4-6-11-25/h7-9H,4-6,10-12H2,1-3H3,(H2,20,21,26). The molecule has 1 saturated heterocycles. The van der Waals surface area contributed by atoms with E-state index < -0.39 is 0 Å². The number of methoxy groups -OCH3 is 1. The third-order valence-corrected chi connectivity index (χ3v) is 4.73. The highest BCUT2D eigenvalue weighted by Gasteiger charge is 2.17. The zero-order valence-corrected chi connectivity index (χ0v) is 16.1. The van der Waals surface area contributed by atoms with E-state index >= 15 is 0 Å². The minimum atomic E-state index is -0.303. The summed E-state index contributed by atoms with van der Waals surface area (Å²) < 4.78 is 5.20. The topological polar surface area (TPSA) is 92.3 Å². The molecule has 1 aromatic heterocycles. The molecule has 1 fully saturated rings. The van der Waals surface area contributed by atoms with Gasteiger partial charge in [0.05, 0.1) is 13.7 Å². The van der Waals surface area contributed by atoms with Gasteiger partial charge in [0.1, 0.15) is 0 Å². The molecule has 8 nitrogen and oxygen atoms in total. The number of rotatable bonds is 5. The fourth-order valence-electron chi connectivity index (χ4n) is 3.00. The van der Waals surface area contributed by atoms with Crippen molar-refractivity contribution in [3.05, 3.63) is 35.2 Å². The average Bonchev–Trinajstić information content (AvgIpc) is 2.70. The van der Waals surface area contributed by atoms with Gasteiger partial charge in [-0.05, 0) is 50.3 Å². The molecule has 0 aliphatic carbocycles. The third-order valence-electron chi connectivity index (χ3n) is 4.73. The summed E-state index contributed by atoms with van der Waals surface area (Å²) in [5.74, 6) is 1.08. The summed E-state index contributed by atoms with van der Waals surface area (Å²) in [7, 11) is 1.53. The zero-order chi connectivity index (χ0) is 19.2. The van der Waals surface area contributed by atoms with E-state index in [-0.39, 0.29) is 18.6 Å². The molecule has 0 saturated carbocycles. The van der Waals surface area contributed by atoms with Gasteiger partial charge >= 0.3 is 12.0 Å². The lowest BCUT2D eigenvalue weighted by Gasteiger charge is -2.26. The Morgan fingerprint density at radius 3 is 2.67 bits per heavy atom. The molecule has 2 N–H and O–H groups in total. The van der Waals surface area contributed by atoms with Crippen LogP contribution in [0.5, 0.6) is 6.01 Å². The summed E-state index contributed by atoms with van der Waals surface area (Å²) in [6, 6.07) is 5.76. The number of nitrogens with one attached hydrogen (secondary N) is 2. The number of carbonyl (C=O) groups excluding carboxylic acids is 1. The zero-order valence-electron chi connectivity index (χ0n) is 16.1. The van der Waals surface area contributed by atoms with E-state index in [2.05, 4.69) is 30.5 Å². The minimum Gasteiger partial charge on any atom is -0.467 e. The predicted octanol–water partition coefficient (Wildman–Crippen LogP) is 2.81. The van der Waals surface area contributed by atoms with Crippen LogP contribution in [0, 0.1) is 13.8 Å². The lowest BCUT2D eigenvalue weighted by molar-refractivity contribution is 0.251. The maximum absolute atomic E-state index is 12.3. The molecule has 2 amide bonds. The number of benzene rings is 1. The Balaban J connectivity index is 1.66. The van der Waals surface area contributed by atoms with Crippen molar-refractivity contribution >= 4 is 17.7 Å². The van der Waals surface area contributed by atoms with E-state index in [1.165, 1.54) is 13.5 Å². The van der Waals surface area contributed by atoms with Crippen molar-refractivity contribution in [3.8, 4) is 6.01 Å². The van der Waals surface area contributed by atoms with Crippen molar-refractivity contribution in [1.82, 2.24) is 20.3 Å². The number of aromatic nitrogens is 3. The molecule has 0 radical (unpaired) electrons. The van der Waals surface area contributed by atoms with Gasteiger partial charge in [-0.15, -0.1) is 0 Å². The van der Waals surface area contributed by atoms with Gasteiger partial charge in [-0.2, -0.15) is 15.0 Å². The van der Waals surface area contributed by atoms with E-state index in [4.69, 9.17) is 4.74 Å². The van der Waals surface area contributed by atoms with Crippen LogP contribution in [-0.2, 0) is 6.54 Å². The molecule has 8 heteroatoms. The number of amides is 2. The largest absolute Gasteiger partial charge is 0.467 e. The predicted molar refractivity (Wildman–Crippen MR) is 104 cm³/mol. The Hall–Kier alpha value is -2.90. The first-order valence-corrected chi connectivity index (χ1v) is 9.22. The van der Waals surface area contributed by atoms with Gasteiger partial charge in [-0.3, -0.25) is 0 Å². The van der Waals surface area contributed by atoms with Crippen LogP contribution < -0.4 is 20.3 Å². The molecule has 1 aliphatic heterocycles. The lowest BCUT2D eigenvalue weighted by Crippen LogP contribution is -2.33. The number of carbonyl (C=O) groups is 1. The monoisotopic (exact) mass is 370 g/mol. The number of piperidine rings is 1. The summed E-state index contributed by atoms with van der Waals surface area (Å²) in [5.41, 5.74) is 2.96. The van der Waals surface area contributed by atoms with Gasteiger partial charge in [0.2, 0.25) is 5.95 Å². The van der Waals surface area contributed by atoms with Crippen molar-refractivity contribution < 1.29 is 9.53 Å². The molecule has 1 aliphatic rings. The summed E-state index contributed by atoms with van der Waals surface area (Å²) in [6.45, 7) is 6.03. The maximum atomic E-state index is 12.3. The molecule has 0 unspecified atom stereocenters. The molecule has 2 aromatic rings. The average molecular weight is 370 g/mol. The number of anilines is 2. The fraction of sp³-hybridized carbons (Fsp3) is 0.474. The molecule has 1 aromatic carbocycles. The first kappa shape index (κ1) is 18.9. The van der Waals surface area contributed by atoms with Crippen LogP contribution in [0.2, 0.25) is 0 Å². The molecule has 0 bridgehead atoms. The Labute approximate surface area is 159 Å². The molecule has 27 heavy (non-hydrogen) atoms. The molecule has 0 atom stereocenters. The third kappa shape index (κ3) is 4.84. The fourth-order valence-corrected chi connectivity index (χ4v) is 3.00. The molecular formula is C19H26N6O2. The second kappa shape index (κ2) is 8.66. The van der Waals surface area contributed by atoms with E-state index in [0.29, 0.717) is 11.8 Å². The van der Waals surface area contributed by atoms with Gasteiger partial charge in [0, 0.05) is 18.8 Å². The highest BCUT2D eigenvalue weighted by Crippen LogP contribution is 2.19. The van der Waals surface area contributed by atoms with Crippen molar-refractivity contribution in [1.29, 1.82) is 0 Å². The number of hydrogen-bond acceptors (Lipinski definition) is 6. The summed E-state index contributed by atoms with van der Waals surface area (Å²) in [5, 5.41) is 5.66. The number of hydrogen-bond donors (Lipinski definition) is 2. The normalized spacial score (nSPS) is 14.0. The van der Waals surface area contributed by atoms with Crippen LogP contribution >= 0.6 is 0 Å². The Morgan fingerprint density at radius 1 is 1.15 bits per heavy atom. The van der Waals surface area contributed by atoms with Crippen molar-refractivity contribution in [2.75, 3.05) is 30.4 Å². The van der Waals surface area contributed by atoms with Crippen molar-refractivity contribution in [2.45, 2.75) is 39.7 Å². The molecular weight excluding hydrogens is 344 g/mol. The minimum absolute atomic E-state index is 0.191. The van der Waals surface area contributed by atoms with E-state index in [1.807, 2.05) is 32.0 Å². The number of urea groups is 1. The maximum Gasteiger partial charge on any atom is 0.321 e. The van der Waals surface area contributed by atoms with Gasteiger partial charge < -0.3 is 20.3 Å². The van der Waals surface area contributed by atoms with Gasteiger partial charge in [-0.1, -0.05) is 12.1 Å². The van der Waals surface area contributed by atoms with E-state index in [0.717, 1.165) is 42.7 Å². The Kier molecular flexibility index (Phi) is 6.05. The second-order valence-corrected chi connectivity index (χ2v) is 6.64. The number of aryl methyl sites for hydroxylation is 1. The summed E-state index contributed by atoms with van der Waals surface area (Å²) >= 11 is 0. The van der Waals surface area contributed by atoms with Gasteiger partial charge in [0.15, 0.2) is 5.82 Å². The molecule has 0 spiro atoms. The second-order valence-electron chi connectivity index (χ2n) is 6.64. The first-order chi connectivity index (χ1) is 13.1. The SMILES string of the molecule is COc1nc(CNC(=O)Nc2cccc(C)c2C)nc(N2CCCCC2)n1. The van der Waals surface area contributed by atoms with E-state index in [1.54, 1.807) is 0 Å². The van der Waals surface area contributed by atoms with Gasteiger partial charge in [-0.25, -0.2) is 4.79 Å². The van der Waals surface area contributed by atoms with Crippen LogP contribution in [0.1, 0.15) is 36.2 Å². The molecule has 3 rings (SSSR count). The quantitative estimate of drug-likeness (QED) is 0.841. The lowest BCUT2D eigenvalue weighted by atomic mass is 10.1. The molecule has 144 valence electrons. The van der Waals surface area contributed by atoms with Crippen LogP contribution in [0.4, 0.5) is 16.4 Å². The van der Waals surface area contributed by atoms with Crippen molar-refractivity contribution in [2.24, 2.45) is 0 Å². The van der Waals surface area contributed by atoms with Gasteiger partial charge in [0.25, 0.3) is 0 Å². The first-order valence-electron chi connectivity index (χ1n) is 9.22. The van der Waals surface area contributed by atoms with Crippen LogP contribution in [0.25, 0.3) is 0 Å². The smallest absolute Gasteiger partial charge is 0.321 e.